The third kappa shape index (κ3) is 3.77. The summed E-state index contributed by atoms with van der Waals surface area (Å²) in [5.41, 5.74) is 1.57. The van der Waals surface area contributed by atoms with E-state index in [1.165, 1.54) is 6.33 Å². The van der Waals surface area contributed by atoms with E-state index in [1.807, 2.05) is 0 Å². The number of ether oxygens (including phenoxy) is 2. The van der Waals surface area contributed by atoms with Crippen molar-refractivity contribution >= 4 is 11.8 Å². The highest BCUT2D eigenvalue weighted by atomic mass is 16.5. The number of nitrogens with zero attached hydrogens (tertiary/aromatic N) is 3. The van der Waals surface area contributed by atoms with Crippen LogP contribution in [0, 0.1) is 0 Å². The van der Waals surface area contributed by atoms with Gasteiger partial charge in [0, 0.05) is 5.56 Å². The molecule has 132 valence electrons. The molecule has 1 atom stereocenters. The summed E-state index contributed by atoms with van der Waals surface area (Å²) in [6.07, 6.45) is 2.09. The van der Waals surface area contributed by atoms with Crippen LogP contribution in [0.5, 0.6) is 5.75 Å². The number of carbonyl (C=O) groups is 2. The van der Waals surface area contributed by atoms with E-state index >= 15 is 0 Å². The van der Waals surface area contributed by atoms with E-state index in [0.717, 1.165) is 5.69 Å². The van der Waals surface area contributed by atoms with E-state index in [-0.39, 0.29) is 5.78 Å². The van der Waals surface area contributed by atoms with E-state index in [2.05, 4.69) is 10.1 Å². The normalized spacial score (nSPS) is 11.6. The fourth-order valence-electron chi connectivity index (χ4n) is 2.36. The molecule has 1 aromatic heterocycles. The number of aromatic nitrogens is 3. The summed E-state index contributed by atoms with van der Waals surface area (Å²) in [5.74, 6) is -0.191. The molecular formula is C19H17N3O4. The lowest BCUT2D eigenvalue weighted by molar-refractivity contribution is 0.0319. The predicted molar refractivity (Wildman–Crippen MR) is 93.6 cm³/mol. The van der Waals surface area contributed by atoms with Crippen LogP contribution in [0.3, 0.4) is 0 Å². The minimum Gasteiger partial charge on any atom is -0.497 e. The third-order valence-electron chi connectivity index (χ3n) is 3.81. The zero-order chi connectivity index (χ0) is 18.5. The minimum absolute atomic E-state index is 0.278. The molecule has 3 rings (SSSR count). The number of ketones is 1. The van der Waals surface area contributed by atoms with Crippen molar-refractivity contribution in [3.63, 3.8) is 0 Å². The Morgan fingerprint density at radius 2 is 1.65 bits per heavy atom. The van der Waals surface area contributed by atoms with Crippen molar-refractivity contribution in [2.75, 3.05) is 7.11 Å². The average Bonchev–Trinajstić information content (AvgIpc) is 3.22. The number of carbonyl (C=O) groups excluding carboxylic acids is 2. The Morgan fingerprint density at radius 3 is 2.23 bits per heavy atom. The van der Waals surface area contributed by atoms with Crippen molar-refractivity contribution in [3.8, 4) is 11.4 Å². The first-order valence-corrected chi connectivity index (χ1v) is 7.93. The van der Waals surface area contributed by atoms with Gasteiger partial charge in [0.2, 0.25) is 5.78 Å². The minimum atomic E-state index is -0.897. The molecular weight excluding hydrogens is 334 g/mol. The zero-order valence-corrected chi connectivity index (χ0v) is 14.3. The predicted octanol–water partition coefficient (Wildman–Crippen LogP) is 2.70. The Morgan fingerprint density at radius 1 is 1.00 bits per heavy atom. The van der Waals surface area contributed by atoms with Crippen LogP contribution in [0.15, 0.2) is 61.2 Å². The van der Waals surface area contributed by atoms with Crippen LogP contribution in [0.1, 0.15) is 27.6 Å². The van der Waals surface area contributed by atoms with Crippen molar-refractivity contribution in [3.05, 3.63) is 72.3 Å². The molecule has 0 bridgehead atoms. The summed E-state index contributed by atoms with van der Waals surface area (Å²) >= 11 is 0. The lowest BCUT2D eigenvalue weighted by Crippen LogP contribution is -2.24. The standard InChI is InChI=1S/C19H17N3O4/c1-13(18(23)14-5-9-17(25-2)10-6-14)26-19(24)15-3-7-16(8-4-15)22-12-20-11-21-22/h3-13H,1-2H3/t13-/m0/s1. The number of hydrogen-bond donors (Lipinski definition) is 0. The molecule has 0 aliphatic heterocycles. The molecule has 0 aliphatic rings. The van der Waals surface area contributed by atoms with Gasteiger partial charge in [-0.2, -0.15) is 5.10 Å². The van der Waals surface area contributed by atoms with Gasteiger partial charge in [-0.25, -0.2) is 14.5 Å². The van der Waals surface area contributed by atoms with Crippen LogP contribution in [-0.2, 0) is 4.74 Å². The second kappa shape index (κ2) is 7.60. The number of methoxy groups -OCH3 is 1. The van der Waals surface area contributed by atoms with Gasteiger partial charge >= 0.3 is 5.97 Å². The molecule has 7 nitrogen and oxygen atoms in total. The Hall–Kier alpha value is -3.48. The largest absolute Gasteiger partial charge is 0.497 e. The lowest BCUT2D eigenvalue weighted by Gasteiger charge is -2.13. The van der Waals surface area contributed by atoms with Gasteiger partial charge in [0.1, 0.15) is 18.4 Å². The monoisotopic (exact) mass is 351 g/mol. The number of esters is 1. The Kier molecular flexibility index (Phi) is 5.07. The lowest BCUT2D eigenvalue weighted by atomic mass is 10.1. The number of Topliss-reactive ketones (excluding diaryl/α,β-unsaturated/α-hetero) is 1. The van der Waals surface area contributed by atoms with E-state index < -0.39 is 12.1 Å². The van der Waals surface area contributed by atoms with E-state index in [0.29, 0.717) is 16.9 Å². The SMILES string of the molecule is COc1ccc(C(=O)[C@H](C)OC(=O)c2ccc(-n3cncn3)cc2)cc1. The summed E-state index contributed by atoms with van der Waals surface area (Å²) < 4.78 is 11.9. The van der Waals surface area contributed by atoms with Crippen LogP contribution < -0.4 is 4.74 Å². The number of benzene rings is 2. The van der Waals surface area contributed by atoms with Crippen LogP contribution in [0.25, 0.3) is 5.69 Å². The molecule has 0 amide bonds. The van der Waals surface area contributed by atoms with Crippen LogP contribution in [-0.4, -0.2) is 39.7 Å². The van der Waals surface area contributed by atoms with Crippen molar-refractivity contribution in [1.82, 2.24) is 14.8 Å². The molecule has 7 heteroatoms. The maximum atomic E-state index is 12.4. The van der Waals surface area contributed by atoms with E-state index in [1.54, 1.807) is 73.6 Å². The van der Waals surface area contributed by atoms with Gasteiger partial charge in [-0.3, -0.25) is 4.79 Å². The molecule has 0 aliphatic carbocycles. The van der Waals surface area contributed by atoms with Crippen LogP contribution in [0.2, 0.25) is 0 Å². The Bertz CT molecular complexity index is 888. The third-order valence-corrected chi connectivity index (χ3v) is 3.81. The Balaban J connectivity index is 1.65. The van der Waals surface area contributed by atoms with Gasteiger partial charge in [-0.05, 0) is 55.5 Å². The maximum Gasteiger partial charge on any atom is 0.338 e. The quantitative estimate of drug-likeness (QED) is 0.501. The Labute approximate surface area is 150 Å². The summed E-state index contributed by atoms with van der Waals surface area (Å²) in [6, 6.07) is 13.3. The highest BCUT2D eigenvalue weighted by molar-refractivity contribution is 6.01. The van der Waals surface area contributed by atoms with Gasteiger partial charge < -0.3 is 9.47 Å². The summed E-state index contributed by atoms with van der Waals surface area (Å²) in [7, 11) is 1.55. The summed E-state index contributed by atoms with van der Waals surface area (Å²) in [6.45, 7) is 1.55. The van der Waals surface area contributed by atoms with E-state index in [4.69, 9.17) is 9.47 Å². The second-order valence-corrected chi connectivity index (χ2v) is 5.53. The molecule has 3 aromatic rings. The first-order valence-electron chi connectivity index (χ1n) is 7.93. The van der Waals surface area contributed by atoms with Gasteiger partial charge in [0.25, 0.3) is 0 Å². The molecule has 26 heavy (non-hydrogen) atoms. The van der Waals surface area contributed by atoms with E-state index in [9.17, 15) is 9.59 Å². The zero-order valence-electron chi connectivity index (χ0n) is 14.3. The topological polar surface area (TPSA) is 83.3 Å². The highest BCUT2D eigenvalue weighted by Gasteiger charge is 2.20. The van der Waals surface area contributed by atoms with Gasteiger partial charge in [0.05, 0.1) is 18.4 Å². The fraction of sp³-hybridized carbons (Fsp3) is 0.158. The van der Waals surface area contributed by atoms with Crippen molar-refractivity contribution in [1.29, 1.82) is 0 Å². The van der Waals surface area contributed by atoms with Crippen molar-refractivity contribution < 1.29 is 19.1 Å². The molecule has 0 spiro atoms. The van der Waals surface area contributed by atoms with Crippen molar-refractivity contribution in [2.24, 2.45) is 0 Å². The summed E-state index contributed by atoms with van der Waals surface area (Å²) in [5, 5.41) is 4.01. The fourth-order valence-corrected chi connectivity index (χ4v) is 2.36. The average molecular weight is 351 g/mol. The summed E-state index contributed by atoms with van der Waals surface area (Å²) in [4.78, 5) is 28.5. The van der Waals surface area contributed by atoms with Gasteiger partial charge in [0.15, 0.2) is 6.10 Å². The molecule has 0 N–H and O–H groups in total. The molecule has 0 saturated heterocycles. The van der Waals surface area contributed by atoms with Gasteiger partial charge in [-0.1, -0.05) is 0 Å². The highest BCUT2D eigenvalue weighted by Crippen LogP contribution is 2.15. The molecule has 0 fully saturated rings. The van der Waals surface area contributed by atoms with Crippen molar-refractivity contribution in [2.45, 2.75) is 13.0 Å². The smallest absolute Gasteiger partial charge is 0.338 e. The molecule has 0 radical (unpaired) electrons. The first-order chi connectivity index (χ1) is 12.6. The molecule has 0 saturated carbocycles. The molecule has 2 aromatic carbocycles. The number of rotatable bonds is 6. The molecule has 0 unspecified atom stereocenters. The maximum absolute atomic E-state index is 12.4. The number of hydrogen-bond acceptors (Lipinski definition) is 6. The molecule has 1 heterocycles. The van der Waals surface area contributed by atoms with Crippen LogP contribution in [0.4, 0.5) is 0 Å². The first kappa shape index (κ1) is 17.3. The van der Waals surface area contributed by atoms with Gasteiger partial charge in [-0.15, -0.1) is 0 Å². The van der Waals surface area contributed by atoms with Crippen LogP contribution >= 0.6 is 0 Å². The second-order valence-electron chi connectivity index (χ2n) is 5.53.